The molecule has 2 unspecified atom stereocenters. The average molecular weight is 348 g/mol. The zero-order valence-corrected chi connectivity index (χ0v) is 15.3. The third kappa shape index (κ3) is 7.69. The fourth-order valence-electron chi connectivity index (χ4n) is 1.94. The molecule has 1 aromatic carbocycles. The number of hydrogen-bond donors (Lipinski definition) is 4. The van der Waals surface area contributed by atoms with Gasteiger partial charge < -0.3 is 21.3 Å². The molecular formula is C18H28N4O3. The van der Waals surface area contributed by atoms with Gasteiger partial charge >= 0.3 is 6.03 Å². The molecule has 1 rings (SSSR count). The highest BCUT2D eigenvalue weighted by Crippen LogP contribution is 2.02. The van der Waals surface area contributed by atoms with Gasteiger partial charge in [0, 0.05) is 24.7 Å². The lowest BCUT2D eigenvalue weighted by Gasteiger charge is -2.17. The van der Waals surface area contributed by atoms with Gasteiger partial charge in [-0.1, -0.05) is 24.6 Å². The largest absolute Gasteiger partial charge is 0.352 e. The van der Waals surface area contributed by atoms with Crippen LogP contribution in [0.2, 0.25) is 0 Å². The zero-order chi connectivity index (χ0) is 18.8. The van der Waals surface area contributed by atoms with Crippen molar-refractivity contribution in [3.8, 4) is 0 Å². The monoisotopic (exact) mass is 348 g/mol. The summed E-state index contributed by atoms with van der Waals surface area (Å²) < 4.78 is 0. The van der Waals surface area contributed by atoms with Crippen LogP contribution in [0.1, 0.15) is 43.1 Å². The minimum absolute atomic E-state index is 0.0665. The molecule has 0 spiro atoms. The lowest BCUT2D eigenvalue weighted by Crippen LogP contribution is -2.50. The predicted molar refractivity (Wildman–Crippen MR) is 97.4 cm³/mol. The molecule has 7 nitrogen and oxygen atoms in total. The molecule has 4 amide bonds. The van der Waals surface area contributed by atoms with E-state index >= 15 is 0 Å². The van der Waals surface area contributed by atoms with Crippen LogP contribution in [0.15, 0.2) is 24.3 Å². The molecular weight excluding hydrogens is 320 g/mol. The van der Waals surface area contributed by atoms with E-state index in [1.54, 1.807) is 19.1 Å². The number of benzene rings is 1. The molecule has 4 N–H and O–H groups in total. The van der Waals surface area contributed by atoms with Crippen LogP contribution in [-0.2, 0) is 4.79 Å². The van der Waals surface area contributed by atoms with E-state index in [0.29, 0.717) is 12.1 Å². The summed E-state index contributed by atoms with van der Waals surface area (Å²) in [6.45, 7) is 8.02. The summed E-state index contributed by atoms with van der Waals surface area (Å²) in [5, 5.41) is 10.7. The Labute approximate surface area is 148 Å². The molecule has 0 aliphatic rings. The molecule has 2 atom stereocenters. The van der Waals surface area contributed by atoms with Gasteiger partial charge in [-0.05, 0) is 39.3 Å². The van der Waals surface area contributed by atoms with Gasteiger partial charge in [0.1, 0.15) is 6.04 Å². The second-order valence-electron chi connectivity index (χ2n) is 6.06. The SMILES string of the molecule is CCC(C)NC(=O)C(C)NC(=O)NCCNC(=O)c1ccc(C)cc1. The van der Waals surface area contributed by atoms with Crippen molar-refractivity contribution in [1.29, 1.82) is 0 Å². The van der Waals surface area contributed by atoms with Crippen LogP contribution in [-0.4, -0.2) is 43.0 Å². The van der Waals surface area contributed by atoms with Gasteiger partial charge in [0.05, 0.1) is 0 Å². The number of carbonyl (C=O) groups is 3. The van der Waals surface area contributed by atoms with E-state index in [4.69, 9.17) is 0 Å². The Morgan fingerprint density at radius 2 is 1.56 bits per heavy atom. The van der Waals surface area contributed by atoms with Crippen LogP contribution < -0.4 is 21.3 Å². The first-order chi connectivity index (χ1) is 11.8. The van der Waals surface area contributed by atoms with E-state index in [9.17, 15) is 14.4 Å². The van der Waals surface area contributed by atoms with Crippen LogP contribution in [0.25, 0.3) is 0 Å². The molecule has 25 heavy (non-hydrogen) atoms. The Morgan fingerprint density at radius 3 is 2.16 bits per heavy atom. The van der Waals surface area contributed by atoms with Crippen LogP contribution >= 0.6 is 0 Å². The van der Waals surface area contributed by atoms with Crippen molar-refractivity contribution in [2.24, 2.45) is 0 Å². The van der Waals surface area contributed by atoms with Gasteiger partial charge in [0.2, 0.25) is 5.91 Å². The number of nitrogens with one attached hydrogen (secondary N) is 4. The molecule has 0 aliphatic carbocycles. The van der Waals surface area contributed by atoms with Gasteiger partial charge in [-0.15, -0.1) is 0 Å². The van der Waals surface area contributed by atoms with E-state index in [2.05, 4.69) is 21.3 Å². The van der Waals surface area contributed by atoms with Crippen molar-refractivity contribution in [1.82, 2.24) is 21.3 Å². The van der Waals surface area contributed by atoms with Crippen molar-refractivity contribution in [3.63, 3.8) is 0 Å². The molecule has 0 aromatic heterocycles. The Balaban J connectivity index is 2.24. The molecule has 0 fully saturated rings. The molecule has 138 valence electrons. The van der Waals surface area contributed by atoms with Crippen LogP contribution in [0.4, 0.5) is 4.79 Å². The van der Waals surface area contributed by atoms with Crippen molar-refractivity contribution in [3.05, 3.63) is 35.4 Å². The third-order valence-corrected chi connectivity index (χ3v) is 3.75. The molecule has 1 aromatic rings. The van der Waals surface area contributed by atoms with E-state index in [0.717, 1.165) is 12.0 Å². The minimum atomic E-state index is -0.629. The van der Waals surface area contributed by atoms with Gasteiger partial charge in [-0.25, -0.2) is 4.79 Å². The number of hydrogen-bond acceptors (Lipinski definition) is 3. The highest BCUT2D eigenvalue weighted by Gasteiger charge is 2.16. The van der Waals surface area contributed by atoms with E-state index in [1.807, 2.05) is 32.9 Å². The van der Waals surface area contributed by atoms with Gasteiger partial charge in [-0.2, -0.15) is 0 Å². The average Bonchev–Trinajstić information content (AvgIpc) is 2.58. The quantitative estimate of drug-likeness (QED) is 0.533. The third-order valence-electron chi connectivity index (χ3n) is 3.75. The molecule has 7 heteroatoms. The molecule has 0 heterocycles. The fourth-order valence-corrected chi connectivity index (χ4v) is 1.94. The van der Waals surface area contributed by atoms with Gasteiger partial charge in [0.25, 0.3) is 5.91 Å². The van der Waals surface area contributed by atoms with Crippen LogP contribution in [0.3, 0.4) is 0 Å². The summed E-state index contributed by atoms with van der Waals surface area (Å²) in [6, 6.07) is 6.23. The maximum Gasteiger partial charge on any atom is 0.315 e. The molecule has 0 aliphatic heterocycles. The highest BCUT2D eigenvalue weighted by molar-refractivity contribution is 5.94. The van der Waals surface area contributed by atoms with E-state index < -0.39 is 12.1 Å². The summed E-state index contributed by atoms with van der Waals surface area (Å²) >= 11 is 0. The number of aryl methyl sites for hydroxylation is 1. The first-order valence-electron chi connectivity index (χ1n) is 8.53. The number of carbonyl (C=O) groups excluding carboxylic acids is 3. The van der Waals surface area contributed by atoms with Crippen molar-refractivity contribution >= 4 is 17.8 Å². The Hall–Kier alpha value is -2.57. The summed E-state index contributed by atoms with van der Waals surface area (Å²) in [6.07, 6.45) is 0.825. The topological polar surface area (TPSA) is 99.3 Å². The van der Waals surface area contributed by atoms with Crippen molar-refractivity contribution < 1.29 is 14.4 Å². The van der Waals surface area contributed by atoms with Crippen molar-refractivity contribution in [2.75, 3.05) is 13.1 Å². The molecule has 0 saturated carbocycles. The Kier molecular flexibility index (Phi) is 8.46. The van der Waals surface area contributed by atoms with Crippen LogP contribution in [0.5, 0.6) is 0 Å². The van der Waals surface area contributed by atoms with E-state index in [1.165, 1.54) is 0 Å². The predicted octanol–water partition coefficient (Wildman–Crippen LogP) is 1.33. The fraction of sp³-hybridized carbons (Fsp3) is 0.500. The smallest absolute Gasteiger partial charge is 0.315 e. The maximum absolute atomic E-state index is 11.9. The van der Waals surface area contributed by atoms with Crippen LogP contribution in [0, 0.1) is 6.92 Å². The number of urea groups is 1. The maximum atomic E-state index is 11.9. The van der Waals surface area contributed by atoms with Gasteiger partial charge in [-0.3, -0.25) is 9.59 Å². The first kappa shape index (κ1) is 20.5. The second kappa shape index (κ2) is 10.3. The summed E-state index contributed by atoms with van der Waals surface area (Å²) in [7, 11) is 0. The minimum Gasteiger partial charge on any atom is -0.352 e. The van der Waals surface area contributed by atoms with Gasteiger partial charge in [0.15, 0.2) is 0 Å². The first-order valence-corrected chi connectivity index (χ1v) is 8.53. The lowest BCUT2D eigenvalue weighted by atomic mass is 10.1. The zero-order valence-electron chi connectivity index (χ0n) is 15.3. The van der Waals surface area contributed by atoms with Crippen molar-refractivity contribution in [2.45, 2.75) is 46.2 Å². The molecule has 0 radical (unpaired) electrons. The normalized spacial score (nSPS) is 12.6. The lowest BCUT2D eigenvalue weighted by molar-refractivity contribution is -0.123. The summed E-state index contributed by atoms with van der Waals surface area (Å²) in [5.74, 6) is -0.416. The summed E-state index contributed by atoms with van der Waals surface area (Å²) in [4.78, 5) is 35.5. The summed E-state index contributed by atoms with van der Waals surface area (Å²) in [5.41, 5.74) is 1.66. The molecule has 0 saturated heterocycles. The number of rotatable bonds is 8. The molecule has 0 bridgehead atoms. The number of amides is 4. The standard InChI is InChI=1S/C18H28N4O3/c1-5-13(3)21-16(23)14(4)22-18(25)20-11-10-19-17(24)15-8-6-12(2)7-9-15/h6-9,13-14H,5,10-11H2,1-4H3,(H,19,24)(H,21,23)(H2,20,22,25). The highest BCUT2D eigenvalue weighted by atomic mass is 16.2. The Bertz CT molecular complexity index is 586. The van der Waals surface area contributed by atoms with E-state index in [-0.39, 0.29) is 24.4 Å². The Morgan fingerprint density at radius 1 is 0.960 bits per heavy atom. The second-order valence-corrected chi connectivity index (χ2v) is 6.06.